The summed E-state index contributed by atoms with van der Waals surface area (Å²) >= 11 is 3.27. The Balaban J connectivity index is 2.25. The molecule has 9 nitrogen and oxygen atoms in total. The monoisotopic (exact) mass is 488 g/mol. The number of esters is 1. The SMILES string of the molecule is COC(=O)c1ccc(NC(=O)/C(C#N)=C/c2cc(Br)c(OCC(=O)O)c(OC)c2)cc1. The number of nitrogens with zero attached hydrogens (tertiary/aromatic N) is 1. The molecule has 0 saturated carbocycles. The van der Waals surface area contributed by atoms with E-state index in [1.54, 1.807) is 6.07 Å². The lowest BCUT2D eigenvalue weighted by atomic mass is 10.1. The van der Waals surface area contributed by atoms with Gasteiger partial charge in [0.2, 0.25) is 0 Å². The maximum Gasteiger partial charge on any atom is 0.341 e. The molecule has 0 aliphatic heterocycles. The van der Waals surface area contributed by atoms with E-state index < -0.39 is 24.5 Å². The molecule has 0 radical (unpaired) electrons. The van der Waals surface area contributed by atoms with E-state index in [1.165, 1.54) is 50.6 Å². The summed E-state index contributed by atoms with van der Waals surface area (Å²) in [4.78, 5) is 34.7. The van der Waals surface area contributed by atoms with Crippen LogP contribution in [0, 0.1) is 11.3 Å². The number of rotatable bonds is 8. The van der Waals surface area contributed by atoms with E-state index in [0.29, 0.717) is 21.3 Å². The minimum atomic E-state index is -1.15. The Bertz CT molecular complexity index is 1070. The normalized spacial score (nSPS) is 10.6. The Kier molecular flexibility index (Phi) is 8.16. The van der Waals surface area contributed by atoms with Crippen molar-refractivity contribution >= 4 is 45.5 Å². The smallest absolute Gasteiger partial charge is 0.341 e. The number of nitrogens with one attached hydrogen (secondary N) is 1. The van der Waals surface area contributed by atoms with Crippen LogP contribution in [0.4, 0.5) is 5.69 Å². The molecule has 0 heterocycles. The number of benzene rings is 2. The first-order valence-electron chi connectivity index (χ1n) is 8.62. The number of carbonyl (C=O) groups is 3. The van der Waals surface area contributed by atoms with Gasteiger partial charge in [-0.1, -0.05) is 0 Å². The Morgan fingerprint density at radius 2 is 1.87 bits per heavy atom. The highest BCUT2D eigenvalue weighted by molar-refractivity contribution is 9.10. The zero-order valence-corrected chi connectivity index (χ0v) is 18.1. The highest BCUT2D eigenvalue weighted by atomic mass is 79.9. The molecule has 0 aliphatic rings. The van der Waals surface area contributed by atoms with Crippen molar-refractivity contribution < 1.29 is 33.7 Å². The van der Waals surface area contributed by atoms with Crippen LogP contribution in [0.5, 0.6) is 11.5 Å². The number of carboxylic acid groups (broad SMARTS) is 1. The highest BCUT2D eigenvalue weighted by Crippen LogP contribution is 2.37. The molecule has 2 N–H and O–H groups in total. The van der Waals surface area contributed by atoms with Crippen LogP contribution in [0.15, 0.2) is 46.4 Å². The van der Waals surface area contributed by atoms with Crippen LogP contribution < -0.4 is 14.8 Å². The second kappa shape index (κ2) is 10.8. The quantitative estimate of drug-likeness (QED) is 0.328. The predicted molar refractivity (Wildman–Crippen MR) is 114 cm³/mol. The first-order chi connectivity index (χ1) is 14.8. The van der Waals surface area contributed by atoms with E-state index in [-0.39, 0.29) is 17.1 Å². The Morgan fingerprint density at radius 1 is 1.19 bits per heavy atom. The van der Waals surface area contributed by atoms with Crippen LogP contribution >= 0.6 is 15.9 Å². The summed E-state index contributed by atoms with van der Waals surface area (Å²) in [6, 6.07) is 10.9. The van der Waals surface area contributed by atoms with Gasteiger partial charge in [-0.15, -0.1) is 0 Å². The number of carbonyl (C=O) groups excluding carboxylic acids is 2. The van der Waals surface area contributed by atoms with Gasteiger partial charge >= 0.3 is 11.9 Å². The van der Waals surface area contributed by atoms with Crippen molar-refractivity contribution in [3.8, 4) is 17.6 Å². The Morgan fingerprint density at radius 3 is 2.42 bits per heavy atom. The molecule has 10 heteroatoms. The topological polar surface area (TPSA) is 135 Å². The van der Waals surface area contributed by atoms with Crippen LogP contribution in [0.2, 0.25) is 0 Å². The molecule has 2 rings (SSSR count). The third-order valence-electron chi connectivity index (χ3n) is 3.83. The summed E-state index contributed by atoms with van der Waals surface area (Å²) in [5, 5.41) is 20.8. The average molecular weight is 489 g/mol. The lowest BCUT2D eigenvalue weighted by Gasteiger charge is -2.12. The molecule has 0 bridgehead atoms. The molecule has 31 heavy (non-hydrogen) atoms. The summed E-state index contributed by atoms with van der Waals surface area (Å²) in [6.45, 7) is -0.565. The van der Waals surface area contributed by atoms with E-state index in [0.717, 1.165) is 0 Å². The summed E-state index contributed by atoms with van der Waals surface area (Å²) in [7, 11) is 2.64. The van der Waals surface area contributed by atoms with E-state index >= 15 is 0 Å². The molecular formula is C21H17BrN2O7. The third kappa shape index (κ3) is 6.32. The summed E-state index contributed by atoms with van der Waals surface area (Å²) in [5.74, 6) is -1.92. The van der Waals surface area contributed by atoms with E-state index in [4.69, 9.17) is 14.6 Å². The maximum atomic E-state index is 12.5. The molecule has 0 saturated heterocycles. The number of nitriles is 1. The molecule has 2 aromatic rings. The Labute approximate surface area is 186 Å². The highest BCUT2D eigenvalue weighted by Gasteiger charge is 2.15. The van der Waals surface area contributed by atoms with Gasteiger partial charge in [0.05, 0.1) is 24.3 Å². The largest absolute Gasteiger partial charge is 0.493 e. The number of aliphatic carboxylic acids is 1. The van der Waals surface area contributed by atoms with E-state index in [9.17, 15) is 19.6 Å². The maximum absolute atomic E-state index is 12.5. The number of hydrogen-bond donors (Lipinski definition) is 2. The van der Waals surface area contributed by atoms with Crippen molar-refractivity contribution in [2.75, 3.05) is 26.1 Å². The lowest BCUT2D eigenvalue weighted by Crippen LogP contribution is -2.13. The lowest BCUT2D eigenvalue weighted by molar-refractivity contribution is -0.139. The van der Waals surface area contributed by atoms with Crippen LogP contribution in [0.3, 0.4) is 0 Å². The number of methoxy groups -OCH3 is 2. The molecular weight excluding hydrogens is 472 g/mol. The number of ether oxygens (including phenoxy) is 3. The van der Waals surface area contributed by atoms with Gasteiger partial charge < -0.3 is 24.6 Å². The van der Waals surface area contributed by atoms with E-state index in [1.807, 2.05) is 6.07 Å². The van der Waals surface area contributed by atoms with Crippen molar-refractivity contribution in [1.29, 1.82) is 5.26 Å². The number of halogens is 1. The minimum Gasteiger partial charge on any atom is -0.493 e. The van der Waals surface area contributed by atoms with Gasteiger partial charge in [-0.05, 0) is 64.0 Å². The number of carboxylic acids is 1. The van der Waals surface area contributed by atoms with Crippen LogP contribution in [-0.4, -0.2) is 43.8 Å². The number of amides is 1. The molecule has 0 aliphatic carbocycles. The third-order valence-corrected chi connectivity index (χ3v) is 4.42. The van der Waals surface area contributed by atoms with Crippen molar-refractivity contribution in [2.24, 2.45) is 0 Å². The van der Waals surface area contributed by atoms with Crippen molar-refractivity contribution in [3.63, 3.8) is 0 Å². The van der Waals surface area contributed by atoms with Crippen LogP contribution in [0.25, 0.3) is 6.08 Å². The van der Waals surface area contributed by atoms with Gasteiger partial charge in [0.25, 0.3) is 5.91 Å². The molecule has 0 atom stereocenters. The van der Waals surface area contributed by atoms with Crippen LogP contribution in [-0.2, 0) is 14.3 Å². The minimum absolute atomic E-state index is 0.177. The zero-order chi connectivity index (χ0) is 23.0. The van der Waals surface area contributed by atoms with Gasteiger partial charge in [0.15, 0.2) is 18.1 Å². The molecule has 2 aromatic carbocycles. The standard InChI is InChI=1S/C21H17BrN2O7/c1-29-17-9-12(8-16(22)19(17)31-11-18(25)26)7-14(10-23)20(27)24-15-5-3-13(4-6-15)21(28)30-2/h3-9H,11H2,1-2H3,(H,24,27)(H,25,26)/b14-7+. The molecule has 160 valence electrons. The van der Waals surface area contributed by atoms with Crippen molar-refractivity contribution in [3.05, 3.63) is 57.6 Å². The average Bonchev–Trinajstić information content (AvgIpc) is 2.75. The second-order valence-electron chi connectivity index (χ2n) is 5.91. The molecule has 0 unspecified atom stereocenters. The van der Waals surface area contributed by atoms with Gasteiger partial charge in [-0.3, -0.25) is 4.79 Å². The fourth-order valence-corrected chi connectivity index (χ4v) is 2.99. The molecule has 0 fully saturated rings. The van der Waals surface area contributed by atoms with Crippen LogP contribution in [0.1, 0.15) is 15.9 Å². The number of anilines is 1. The number of hydrogen-bond acceptors (Lipinski definition) is 7. The predicted octanol–water partition coefficient (Wildman–Crippen LogP) is 3.25. The summed E-state index contributed by atoms with van der Waals surface area (Å²) in [6.07, 6.45) is 1.34. The van der Waals surface area contributed by atoms with Gasteiger partial charge in [0, 0.05) is 5.69 Å². The second-order valence-corrected chi connectivity index (χ2v) is 6.76. The summed E-state index contributed by atoms with van der Waals surface area (Å²) < 4.78 is 15.4. The molecule has 1 amide bonds. The van der Waals surface area contributed by atoms with E-state index in [2.05, 4.69) is 26.0 Å². The van der Waals surface area contributed by atoms with Crippen molar-refractivity contribution in [2.45, 2.75) is 0 Å². The van der Waals surface area contributed by atoms with Gasteiger partial charge in [0.1, 0.15) is 11.6 Å². The fourth-order valence-electron chi connectivity index (χ4n) is 2.42. The molecule has 0 spiro atoms. The Hall–Kier alpha value is -3.84. The first-order valence-corrected chi connectivity index (χ1v) is 9.42. The van der Waals surface area contributed by atoms with Gasteiger partial charge in [-0.25, -0.2) is 9.59 Å². The fraction of sp³-hybridized carbons (Fsp3) is 0.143. The first kappa shape index (κ1) is 23.4. The van der Waals surface area contributed by atoms with Gasteiger partial charge in [-0.2, -0.15) is 5.26 Å². The zero-order valence-electron chi connectivity index (χ0n) is 16.5. The summed E-state index contributed by atoms with van der Waals surface area (Å²) in [5.41, 5.74) is 0.957. The molecule has 0 aromatic heterocycles. The van der Waals surface area contributed by atoms with Crippen molar-refractivity contribution in [1.82, 2.24) is 0 Å².